The lowest BCUT2D eigenvalue weighted by Crippen LogP contribution is -2.31. The maximum atomic E-state index is 6.23. The largest absolute Gasteiger partial charge is 0.378 e. The number of nitrogens with zero attached hydrogens (tertiary/aromatic N) is 1. The first-order valence-electron chi connectivity index (χ1n) is 6.04. The molecule has 0 aromatic carbocycles. The fourth-order valence-corrected chi connectivity index (χ4v) is 2.25. The summed E-state index contributed by atoms with van der Waals surface area (Å²) in [4.78, 5) is 4.02. The molecule has 3 heteroatoms. The van der Waals surface area contributed by atoms with Crippen LogP contribution in [0.2, 0.25) is 0 Å². The Balaban J connectivity index is 1.91. The predicted octanol–water partition coefficient (Wildman–Crippen LogP) is 2.08. The topological polar surface area (TPSA) is 48.1 Å². The minimum atomic E-state index is 0.172. The molecule has 1 aromatic heterocycles. The monoisotopic (exact) mass is 220 g/mol. The van der Waals surface area contributed by atoms with Gasteiger partial charge in [0, 0.05) is 25.0 Å². The first kappa shape index (κ1) is 11.6. The molecule has 1 aliphatic rings. The zero-order valence-electron chi connectivity index (χ0n) is 9.80. The Morgan fingerprint density at radius 3 is 2.88 bits per heavy atom. The number of nitrogens with two attached hydrogens (primary N) is 1. The summed E-state index contributed by atoms with van der Waals surface area (Å²) in [6.45, 7) is 3.08. The van der Waals surface area contributed by atoms with Crippen molar-refractivity contribution < 1.29 is 4.74 Å². The first-order valence-corrected chi connectivity index (χ1v) is 6.04. The summed E-state index contributed by atoms with van der Waals surface area (Å²) in [6.07, 6.45) is 7.33. The van der Waals surface area contributed by atoms with E-state index in [1.54, 1.807) is 0 Å². The Morgan fingerprint density at radius 2 is 2.25 bits per heavy atom. The van der Waals surface area contributed by atoms with E-state index in [1.165, 1.54) is 12.0 Å². The van der Waals surface area contributed by atoms with E-state index in [-0.39, 0.29) is 6.04 Å². The summed E-state index contributed by atoms with van der Waals surface area (Å²) in [5.41, 5.74) is 7.49. The molecule has 0 aliphatic carbocycles. The van der Waals surface area contributed by atoms with E-state index >= 15 is 0 Å². The van der Waals surface area contributed by atoms with Gasteiger partial charge in [-0.3, -0.25) is 4.98 Å². The van der Waals surface area contributed by atoms with Gasteiger partial charge in [0.2, 0.25) is 0 Å². The van der Waals surface area contributed by atoms with Crippen molar-refractivity contribution >= 4 is 0 Å². The Kier molecular flexibility index (Phi) is 3.91. The number of rotatable bonds is 4. The Bertz CT molecular complexity index is 309. The average molecular weight is 220 g/mol. The Morgan fingerprint density at radius 1 is 1.50 bits per heavy atom. The molecule has 16 heavy (non-hydrogen) atoms. The van der Waals surface area contributed by atoms with Crippen LogP contribution in [0.15, 0.2) is 24.5 Å². The second kappa shape index (κ2) is 5.41. The smallest absolute Gasteiger partial charge is 0.0591 e. The standard InChI is InChI=1S/C13H20N2O/c1-10(11-4-6-15-7-5-11)13(14)9-12-3-2-8-16-12/h4-7,10,12-13H,2-3,8-9,14H2,1H3. The van der Waals surface area contributed by atoms with Crippen molar-refractivity contribution in [2.24, 2.45) is 5.73 Å². The van der Waals surface area contributed by atoms with Crippen LogP contribution >= 0.6 is 0 Å². The van der Waals surface area contributed by atoms with Gasteiger partial charge < -0.3 is 10.5 Å². The van der Waals surface area contributed by atoms with Crippen molar-refractivity contribution in [3.8, 4) is 0 Å². The minimum absolute atomic E-state index is 0.172. The molecule has 1 fully saturated rings. The molecule has 2 heterocycles. The zero-order chi connectivity index (χ0) is 11.4. The summed E-state index contributed by atoms with van der Waals surface area (Å²) in [5.74, 6) is 0.368. The van der Waals surface area contributed by atoms with Gasteiger partial charge >= 0.3 is 0 Å². The second-order valence-electron chi connectivity index (χ2n) is 4.60. The molecular weight excluding hydrogens is 200 g/mol. The van der Waals surface area contributed by atoms with Crippen LogP contribution in [0.3, 0.4) is 0 Å². The van der Waals surface area contributed by atoms with Crippen LogP contribution in [0.1, 0.15) is 37.7 Å². The number of aromatic nitrogens is 1. The van der Waals surface area contributed by atoms with E-state index in [1.807, 2.05) is 24.5 Å². The van der Waals surface area contributed by atoms with E-state index in [0.717, 1.165) is 19.4 Å². The highest BCUT2D eigenvalue weighted by Crippen LogP contribution is 2.24. The van der Waals surface area contributed by atoms with Crippen molar-refractivity contribution in [3.63, 3.8) is 0 Å². The van der Waals surface area contributed by atoms with Crippen LogP contribution in [-0.2, 0) is 4.74 Å². The predicted molar refractivity (Wildman–Crippen MR) is 64.2 cm³/mol. The summed E-state index contributed by atoms with van der Waals surface area (Å²) < 4.78 is 5.62. The number of pyridine rings is 1. The quantitative estimate of drug-likeness (QED) is 0.845. The molecular formula is C13H20N2O. The van der Waals surface area contributed by atoms with E-state index in [0.29, 0.717) is 12.0 Å². The van der Waals surface area contributed by atoms with Gasteiger partial charge in [0.25, 0.3) is 0 Å². The van der Waals surface area contributed by atoms with Crippen LogP contribution in [-0.4, -0.2) is 23.7 Å². The molecule has 0 spiro atoms. The Hall–Kier alpha value is -0.930. The zero-order valence-corrected chi connectivity index (χ0v) is 9.80. The molecule has 3 unspecified atom stereocenters. The molecule has 1 aromatic rings. The first-order chi connectivity index (χ1) is 7.77. The van der Waals surface area contributed by atoms with Gasteiger partial charge in [0.15, 0.2) is 0 Å². The van der Waals surface area contributed by atoms with Crippen molar-refractivity contribution in [1.82, 2.24) is 4.98 Å². The van der Waals surface area contributed by atoms with Crippen molar-refractivity contribution in [2.45, 2.75) is 44.2 Å². The number of ether oxygens (including phenoxy) is 1. The van der Waals surface area contributed by atoms with Gasteiger partial charge in [-0.2, -0.15) is 0 Å². The van der Waals surface area contributed by atoms with E-state index in [4.69, 9.17) is 10.5 Å². The van der Waals surface area contributed by atoms with E-state index in [2.05, 4.69) is 11.9 Å². The maximum Gasteiger partial charge on any atom is 0.0591 e. The highest BCUT2D eigenvalue weighted by Gasteiger charge is 2.22. The summed E-state index contributed by atoms with van der Waals surface area (Å²) in [7, 11) is 0. The normalized spacial score (nSPS) is 24.2. The maximum absolute atomic E-state index is 6.23. The molecule has 0 bridgehead atoms. The Labute approximate surface area is 97.0 Å². The third-order valence-electron chi connectivity index (χ3n) is 3.43. The molecule has 0 amide bonds. The highest BCUT2D eigenvalue weighted by molar-refractivity contribution is 5.16. The van der Waals surface area contributed by atoms with E-state index < -0.39 is 0 Å². The molecule has 0 saturated carbocycles. The molecule has 2 N–H and O–H groups in total. The molecule has 3 atom stereocenters. The third-order valence-corrected chi connectivity index (χ3v) is 3.43. The number of hydrogen-bond acceptors (Lipinski definition) is 3. The van der Waals surface area contributed by atoms with Crippen LogP contribution in [0.25, 0.3) is 0 Å². The lowest BCUT2D eigenvalue weighted by Gasteiger charge is -2.22. The van der Waals surface area contributed by atoms with Gasteiger partial charge in [0.05, 0.1) is 6.10 Å². The van der Waals surface area contributed by atoms with Crippen molar-refractivity contribution in [1.29, 1.82) is 0 Å². The van der Waals surface area contributed by atoms with Gasteiger partial charge in [-0.1, -0.05) is 6.92 Å². The molecule has 1 aliphatic heterocycles. The van der Waals surface area contributed by atoms with E-state index in [9.17, 15) is 0 Å². The van der Waals surface area contributed by atoms with Crippen molar-refractivity contribution in [2.75, 3.05) is 6.61 Å². The summed E-state index contributed by atoms with van der Waals surface area (Å²) in [5, 5.41) is 0. The lowest BCUT2D eigenvalue weighted by molar-refractivity contribution is 0.0963. The van der Waals surface area contributed by atoms with Gasteiger partial charge in [-0.25, -0.2) is 0 Å². The molecule has 88 valence electrons. The number of hydrogen-bond donors (Lipinski definition) is 1. The molecule has 1 saturated heterocycles. The second-order valence-corrected chi connectivity index (χ2v) is 4.60. The lowest BCUT2D eigenvalue weighted by atomic mass is 9.90. The summed E-state index contributed by atoms with van der Waals surface area (Å²) in [6, 6.07) is 4.26. The average Bonchev–Trinajstić information content (AvgIpc) is 2.82. The molecule has 3 nitrogen and oxygen atoms in total. The van der Waals surface area contributed by atoms with Crippen LogP contribution < -0.4 is 5.73 Å². The summed E-state index contributed by atoms with van der Waals surface area (Å²) >= 11 is 0. The van der Waals surface area contributed by atoms with Crippen LogP contribution in [0.4, 0.5) is 0 Å². The fraction of sp³-hybridized carbons (Fsp3) is 0.615. The third kappa shape index (κ3) is 2.80. The van der Waals surface area contributed by atoms with Crippen LogP contribution in [0, 0.1) is 0 Å². The fourth-order valence-electron chi connectivity index (χ4n) is 2.25. The van der Waals surface area contributed by atoms with Crippen LogP contribution in [0.5, 0.6) is 0 Å². The molecule has 2 rings (SSSR count). The highest BCUT2D eigenvalue weighted by atomic mass is 16.5. The van der Waals surface area contributed by atoms with Gasteiger partial charge in [-0.05, 0) is 42.9 Å². The van der Waals surface area contributed by atoms with Crippen molar-refractivity contribution in [3.05, 3.63) is 30.1 Å². The van der Waals surface area contributed by atoms with Gasteiger partial charge in [-0.15, -0.1) is 0 Å². The van der Waals surface area contributed by atoms with Gasteiger partial charge in [0.1, 0.15) is 0 Å². The minimum Gasteiger partial charge on any atom is -0.378 e. The SMILES string of the molecule is CC(c1ccncc1)C(N)CC1CCCO1. The molecule has 0 radical (unpaired) electrons.